The van der Waals surface area contributed by atoms with Gasteiger partial charge >= 0.3 is 11.9 Å². The van der Waals surface area contributed by atoms with Crippen molar-refractivity contribution in [3.63, 3.8) is 0 Å². The lowest BCUT2D eigenvalue weighted by molar-refractivity contribution is -0.145. The highest BCUT2D eigenvalue weighted by Gasteiger charge is 2.34. The van der Waals surface area contributed by atoms with E-state index in [0.717, 1.165) is 17.3 Å². The van der Waals surface area contributed by atoms with Crippen LogP contribution >= 0.6 is 34.4 Å². The third kappa shape index (κ3) is 7.16. The molecular weight excluding hydrogens is 625 g/mol. The first-order chi connectivity index (χ1) is 18.2. The number of aliphatic hydroxyl groups is 1. The molecular formula is C27H26INO8S. The van der Waals surface area contributed by atoms with Crippen LogP contribution in [0.15, 0.2) is 57.6 Å². The van der Waals surface area contributed by atoms with Gasteiger partial charge in [0, 0.05) is 5.56 Å². The van der Waals surface area contributed by atoms with Crippen molar-refractivity contribution >= 4 is 63.3 Å². The van der Waals surface area contributed by atoms with Crippen LogP contribution in [0.3, 0.4) is 0 Å². The second-order valence-corrected chi connectivity index (χ2v) is 9.96. The van der Waals surface area contributed by atoms with E-state index >= 15 is 0 Å². The number of carbonyl (C=O) groups is 3. The van der Waals surface area contributed by atoms with Crippen LogP contribution in [0.2, 0.25) is 0 Å². The van der Waals surface area contributed by atoms with Crippen molar-refractivity contribution in [3.05, 3.63) is 72.9 Å². The van der Waals surface area contributed by atoms with Gasteiger partial charge < -0.3 is 24.1 Å². The highest BCUT2D eigenvalue weighted by Crippen LogP contribution is 2.41. The van der Waals surface area contributed by atoms with Crippen molar-refractivity contribution in [2.45, 2.75) is 20.8 Å². The van der Waals surface area contributed by atoms with Crippen LogP contribution < -0.4 is 9.47 Å². The third-order valence-corrected chi connectivity index (χ3v) is 6.88. The molecule has 3 rings (SSSR count). The van der Waals surface area contributed by atoms with E-state index in [1.54, 1.807) is 56.3 Å². The first-order valence-electron chi connectivity index (χ1n) is 11.5. The molecule has 38 heavy (non-hydrogen) atoms. The Morgan fingerprint density at radius 2 is 1.76 bits per heavy atom. The molecule has 11 heteroatoms. The van der Waals surface area contributed by atoms with Gasteiger partial charge in [-0.2, -0.15) is 0 Å². The average molecular weight is 651 g/mol. The van der Waals surface area contributed by atoms with E-state index < -0.39 is 17.8 Å². The van der Waals surface area contributed by atoms with Crippen LogP contribution in [0.4, 0.5) is 0 Å². The average Bonchev–Trinajstić information content (AvgIpc) is 3.17. The number of carbonyl (C=O) groups excluding carboxylic acids is 3. The van der Waals surface area contributed by atoms with E-state index in [1.165, 1.54) is 7.11 Å². The van der Waals surface area contributed by atoms with Crippen molar-refractivity contribution in [2.24, 2.45) is 4.99 Å². The number of thioether (sulfide) groups is 1. The summed E-state index contributed by atoms with van der Waals surface area (Å²) in [6.45, 7) is 5.30. The first kappa shape index (κ1) is 29.2. The second-order valence-electron chi connectivity index (χ2n) is 7.77. The van der Waals surface area contributed by atoms with Gasteiger partial charge in [-0.1, -0.05) is 29.5 Å². The summed E-state index contributed by atoms with van der Waals surface area (Å²) in [5.41, 5.74) is 1.76. The molecule has 0 saturated carbocycles. The largest absolute Gasteiger partial charge is 0.506 e. The highest BCUT2D eigenvalue weighted by atomic mass is 127. The Morgan fingerprint density at radius 3 is 2.39 bits per heavy atom. The molecule has 0 spiro atoms. The summed E-state index contributed by atoms with van der Waals surface area (Å²) in [6, 6.07) is 10.3. The number of halogens is 1. The molecule has 0 radical (unpaired) electrons. The Bertz CT molecular complexity index is 1330. The number of hydrogen-bond donors (Lipinski definition) is 1. The molecule has 0 unspecified atom stereocenters. The SMILES string of the molecule is CCOC(=O)COc1c(I)cc(/C=C2\SC(=NC(=O)c3ccc(C)cc3)C(C(=O)OCC)=C2O)cc1OC. The number of hydrogen-bond acceptors (Lipinski definition) is 9. The predicted octanol–water partition coefficient (Wildman–Crippen LogP) is 5.25. The second kappa shape index (κ2) is 13.5. The van der Waals surface area contributed by atoms with E-state index in [9.17, 15) is 19.5 Å². The molecule has 9 nitrogen and oxygen atoms in total. The zero-order chi connectivity index (χ0) is 27.8. The zero-order valence-electron chi connectivity index (χ0n) is 21.2. The molecule has 0 saturated heterocycles. The summed E-state index contributed by atoms with van der Waals surface area (Å²) < 4.78 is 21.7. The van der Waals surface area contributed by atoms with Crippen LogP contribution in [0.1, 0.15) is 35.3 Å². The summed E-state index contributed by atoms with van der Waals surface area (Å²) in [6.07, 6.45) is 1.62. The van der Waals surface area contributed by atoms with Crippen LogP contribution in [0.5, 0.6) is 11.5 Å². The van der Waals surface area contributed by atoms with Gasteiger partial charge in [-0.3, -0.25) is 4.79 Å². The van der Waals surface area contributed by atoms with Gasteiger partial charge in [-0.15, -0.1) is 0 Å². The molecule has 2 aromatic rings. The lowest BCUT2D eigenvalue weighted by Gasteiger charge is -2.13. The fourth-order valence-electron chi connectivity index (χ4n) is 3.29. The Kier molecular flexibility index (Phi) is 10.4. The zero-order valence-corrected chi connectivity index (χ0v) is 24.2. The van der Waals surface area contributed by atoms with Gasteiger partial charge in [-0.25, -0.2) is 14.6 Å². The Balaban J connectivity index is 1.97. The monoisotopic (exact) mass is 651 g/mol. The minimum atomic E-state index is -0.786. The molecule has 0 aromatic heterocycles. The fourth-order valence-corrected chi connectivity index (χ4v) is 5.09. The number of esters is 2. The van der Waals surface area contributed by atoms with Crippen molar-refractivity contribution in [2.75, 3.05) is 26.9 Å². The van der Waals surface area contributed by atoms with Gasteiger partial charge in [-0.05, 0) is 79.3 Å². The standard InChI is InChI=1S/C27H26INO8S/c1-5-35-21(30)14-37-24-18(28)11-16(12-19(24)34-4)13-20-23(31)22(27(33)36-6-2)26(38-20)29-25(32)17-9-7-15(3)8-10-17/h7-13,31H,5-6,14H2,1-4H3/b20-13-,29-26?. The Labute approximate surface area is 238 Å². The Morgan fingerprint density at radius 1 is 1.08 bits per heavy atom. The molecule has 0 atom stereocenters. The molecule has 0 bridgehead atoms. The fraction of sp³-hybridized carbons (Fsp3) is 0.259. The molecule has 1 amide bonds. The van der Waals surface area contributed by atoms with E-state index in [4.69, 9.17) is 18.9 Å². The number of methoxy groups -OCH3 is 1. The first-order valence-corrected chi connectivity index (χ1v) is 13.4. The number of aliphatic imine (C=N–C) groups is 1. The number of rotatable bonds is 9. The predicted molar refractivity (Wildman–Crippen MR) is 153 cm³/mol. The number of ether oxygens (including phenoxy) is 4. The maximum Gasteiger partial charge on any atom is 0.344 e. The quantitative estimate of drug-likeness (QED) is 0.286. The van der Waals surface area contributed by atoms with Gasteiger partial charge in [0.05, 0.1) is 28.8 Å². The number of amides is 1. The van der Waals surface area contributed by atoms with Crippen LogP contribution in [-0.4, -0.2) is 54.9 Å². The molecule has 1 N–H and O–H groups in total. The summed E-state index contributed by atoms with van der Waals surface area (Å²) >= 11 is 3.01. The number of nitrogens with zero attached hydrogens (tertiary/aromatic N) is 1. The minimum Gasteiger partial charge on any atom is -0.506 e. The summed E-state index contributed by atoms with van der Waals surface area (Å²) in [7, 11) is 1.46. The lowest BCUT2D eigenvalue weighted by Crippen LogP contribution is -2.15. The molecule has 200 valence electrons. The van der Waals surface area contributed by atoms with E-state index in [0.29, 0.717) is 31.1 Å². The maximum atomic E-state index is 12.8. The van der Waals surface area contributed by atoms with Gasteiger partial charge in [0.15, 0.2) is 18.1 Å². The van der Waals surface area contributed by atoms with Crippen molar-refractivity contribution in [1.29, 1.82) is 0 Å². The van der Waals surface area contributed by atoms with Crippen molar-refractivity contribution in [1.82, 2.24) is 0 Å². The number of aryl methyl sites for hydroxylation is 1. The maximum absolute atomic E-state index is 12.8. The van der Waals surface area contributed by atoms with E-state index in [1.807, 2.05) is 29.5 Å². The lowest BCUT2D eigenvalue weighted by atomic mass is 10.1. The molecule has 0 fully saturated rings. The topological polar surface area (TPSA) is 121 Å². The number of benzene rings is 2. The molecule has 1 heterocycles. The van der Waals surface area contributed by atoms with Crippen molar-refractivity contribution < 1.29 is 38.4 Å². The third-order valence-electron chi connectivity index (χ3n) is 5.06. The highest BCUT2D eigenvalue weighted by molar-refractivity contribution is 14.1. The summed E-state index contributed by atoms with van der Waals surface area (Å²) in [5.74, 6) is -1.48. The van der Waals surface area contributed by atoms with E-state index in [2.05, 4.69) is 4.99 Å². The van der Waals surface area contributed by atoms with Crippen LogP contribution in [0.25, 0.3) is 6.08 Å². The summed E-state index contributed by atoms with van der Waals surface area (Å²) in [4.78, 5) is 41.5. The normalized spacial score (nSPS) is 15.1. The molecule has 2 aromatic carbocycles. The van der Waals surface area contributed by atoms with Crippen LogP contribution in [-0.2, 0) is 19.1 Å². The minimum absolute atomic E-state index is 0.0360. The molecule has 1 aliphatic heterocycles. The van der Waals surface area contributed by atoms with Gasteiger partial charge in [0.2, 0.25) is 0 Å². The summed E-state index contributed by atoms with van der Waals surface area (Å²) in [5, 5.41) is 11.0. The van der Waals surface area contributed by atoms with Gasteiger partial charge in [0.1, 0.15) is 16.4 Å². The van der Waals surface area contributed by atoms with E-state index in [-0.39, 0.29) is 36.2 Å². The smallest absolute Gasteiger partial charge is 0.344 e. The van der Waals surface area contributed by atoms with Crippen molar-refractivity contribution in [3.8, 4) is 11.5 Å². The molecule has 0 aliphatic carbocycles. The van der Waals surface area contributed by atoms with Crippen LogP contribution in [0, 0.1) is 10.5 Å². The molecule has 1 aliphatic rings. The number of aliphatic hydroxyl groups excluding tert-OH is 1. The van der Waals surface area contributed by atoms with Gasteiger partial charge in [0.25, 0.3) is 5.91 Å². The Hall–Kier alpha value is -3.32.